The van der Waals surface area contributed by atoms with Gasteiger partial charge in [-0.05, 0) is 57.2 Å². The van der Waals surface area contributed by atoms with E-state index in [0.717, 1.165) is 15.2 Å². The van der Waals surface area contributed by atoms with Crippen LogP contribution in [0.2, 0.25) is 0 Å². The van der Waals surface area contributed by atoms with Crippen molar-refractivity contribution in [1.29, 1.82) is 0 Å². The van der Waals surface area contributed by atoms with E-state index in [1.165, 1.54) is 23.5 Å². The molecule has 8 heteroatoms. The molecule has 0 radical (unpaired) electrons. The van der Waals surface area contributed by atoms with Crippen molar-refractivity contribution in [2.24, 2.45) is 0 Å². The van der Waals surface area contributed by atoms with Crippen LogP contribution >= 0.6 is 11.3 Å². The number of carbonyl (C=O) groups is 1. The number of rotatable bonds is 5. The lowest BCUT2D eigenvalue weighted by atomic mass is 10.2. The lowest BCUT2D eigenvalue weighted by molar-refractivity contribution is 0.102. The van der Waals surface area contributed by atoms with E-state index in [-0.39, 0.29) is 22.4 Å². The maximum Gasteiger partial charge on any atom is 0.255 e. The van der Waals surface area contributed by atoms with Crippen molar-refractivity contribution in [3.8, 4) is 0 Å². The van der Waals surface area contributed by atoms with Crippen LogP contribution in [0, 0.1) is 6.92 Å². The molecular weight excluding hydrogens is 382 g/mol. The minimum atomic E-state index is -3.65. The van der Waals surface area contributed by atoms with Gasteiger partial charge in [-0.2, -0.15) is 4.31 Å². The number of sulfonamides is 1. The number of amides is 1. The smallest absolute Gasteiger partial charge is 0.255 e. The van der Waals surface area contributed by atoms with E-state index >= 15 is 0 Å². The number of nitrogens with one attached hydrogen (secondary N) is 1. The molecule has 0 spiro atoms. The molecule has 0 aliphatic heterocycles. The van der Waals surface area contributed by atoms with Gasteiger partial charge in [-0.15, -0.1) is 11.3 Å². The summed E-state index contributed by atoms with van der Waals surface area (Å²) < 4.78 is 27.6. The predicted molar refractivity (Wildman–Crippen MR) is 109 cm³/mol. The molecule has 0 bridgehead atoms. The van der Waals surface area contributed by atoms with Crippen molar-refractivity contribution in [2.45, 2.75) is 31.7 Å². The molecule has 1 amide bonds. The molecule has 0 aliphatic carbocycles. The summed E-state index contributed by atoms with van der Waals surface area (Å²) in [5, 5.41) is 3.78. The monoisotopic (exact) mass is 403 g/mol. The average molecular weight is 404 g/mol. The van der Waals surface area contributed by atoms with E-state index in [0.29, 0.717) is 5.69 Å². The molecular formula is C19H21N3O3S2. The summed E-state index contributed by atoms with van der Waals surface area (Å²) in [4.78, 5) is 17.1. The summed E-state index contributed by atoms with van der Waals surface area (Å²) in [7, 11) is -2.12. The van der Waals surface area contributed by atoms with Crippen molar-refractivity contribution in [2.75, 3.05) is 12.4 Å². The number of hydrogen-bond acceptors (Lipinski definition) is 5. The first kappa shape index (κ1) is 19.5. The number of hydrogen-bond donors (Lipinski definition) is 1. The third-order valence-electron chi connectivity index (χ3n) is 4.25. The summed E-state index contributed by atoms with van der Waals surface area (Å²) in [6.07, 6.45) is 0. The molecule has 27 heavy (non-hydrogen) atoms. The first-order valence-corrected chi connectivity index (χ1v) is 10.7. The Bertz CT molecular complexity index is 1100. The van der Waals surface area contributed by atoms with Crippen molar-refractivity contribution in [3.63, 3.8) is 0 Å². The number of nitrogens with zero attached hydrogens (tertiary/aromatic N) is 2. The summed E-state index contributed by atoms with van der Waals surface area (Å²) >= 11 is 1.55. The van der Waals surface area contributed by atoms with Gasteiger partial charge in [0.15, 0.2) is 0 Å². The Morgan fingerprint density at radius 1 is 1.19 bits per heavy atom. The second-order valence-corrected chi connectivity index (χ2v) is 9.74. The van der Waals surface area contributed by atoms with Crippen molar-refractivity contribution in [3.05, 3.63) is 53.0 Å². The second kappa shape index (κ2) is 7.38. The molecule has 1 N–H and O–H groups in total. The minimum Gasteiger partial charge on any atom is -0.322 e. The average Bonchev–Trinajstić information content (AvgIpc) is 3.00. The van der Waals surface area contributed by atoms with Gasteiger partial charge in [0.1, 0.15) is 0 Å². The lowest BCUT2D eigenvalue weighted by Gasteiger charge is -2.21. The number of carbonyl (C=O) groups excluding carboxylic acids is 1. The van der Waals surface area contributed by atoms with Crippen LogP contribution in [0.1, 0.15) is 29.2 Å². The van der Waals surface area contributed by atoms with E-state index in [2.05, 4.69) is 10.3 Å². The molecule has 0 aliphatic rings. The van der Waals surface area contributed by atoms with Crippen LogP contribution in [-0.4, -0.2) is 36.7 Å². The van der Waals surface area contributed by atoms with Gasteiger partial charge in [0.2, 0.25) is 10.0 Å². The van der Waals surface area contributed by atoms with Gasteiger partial charge in [0, 0.05) is 24.3 Å². The molecule has 6 nitrogen and oxygen atoms in total. The topological polar surface area (TPSA) is 79.4 Å². The number of benzene rings is 2. The zero-order valence-corrected chi connectivity index (χ0v) is 17.2. The van der Waals surface area contributed by atoms with Gasteiger partial charge in [-0.25, -0.2) is 13.4 Å². The summed E-state index contributed by atoms with van der Waals surface area (Å²) in [5.74, 6) is -0.361. The molecule has 3 rings (SSSR count). The maximum atomic E-state index is 12.6. The quantitative estimate of drug-likeness (QED) is 0.701. The van der Waals surface area contributed by atoms with Crippen LogP contribution < -0.4 is 5.32 Å². The van der Waals surface area contributed by atoms with Crippen LogP contribution in [0.4, 0.5) is 5.69 Å². The van der Waals surface area contributed by atoms with Gasteiger partial charge in [-0.3, -0.25) is 4.79 Å². The number of anilines is 1. The highest BCUT2D eigenvalue weighted by Crippen LogP contribution is 2.25. The standard InChI is InChI=1S/C19H21N3O3S2/c1-12(2)22(4)27(24,25)16-7-5-6-14(10-16)19(23)21-15-8-9-17-18(11-15)26-13(3)20-17/h5-12H,1-4H3,(H,21,23). The van der Waals surface area contributed by atoms with Crippen molar-refractivity contribution in [1.82, 2.24) is 9.29 Å². The van der Waals surface area contributed by atoms with Crippen LogP contribution in [0.3, 0.4) is 0 Å². The largest absolute Gasteiger partial charge is 0.322 e. The number of fused-ring (bicyclic) bond motifs is 1. The number of thiazole rings is 1. The fourth-order valence-electron chi connectivity index (χ4n) is 2.56. The zero-order chi connectivity index (χ0) is 19.8. The number of aryl methyl sites for hydroxylation is 1. The van der Waals surface area contributed by atoms with E-state index in [1.807, 2.05) is 19.1 Å². The van der Waals surface area contributed by atoms with Gasteiger partial charge >= 0.3 is 0 Å². The summed E-state index contributed by atoms with van der Waals surface area (Å²) in [6, 6.07) is 11.4. The first-order valence-electron chi connectivity index (χ1n) is 8.45. The molecule has 0 unspecified atom stereocenters. The molecule has 0 saturated heterocycles. The molecule has 3 aromatic rings. The van der Waals surface area contributed by atoms with E-state index in [1.54, 1.807) is 43.4 Å². The molecule has 1 aromatic heterocycles. The summed E-state index contributed by atoms with van der Waals surface area (Å²) in [6.45, 7) is 5.53. The third-order valence-corrected chi connectivity index (χ3v) is 7.22. The lowest BCUT2D eigenvalue weighted by Crippen LogP contribution is -2.33. The molecule has 0 atom stereocenters. The van der Waals surface area contributed by atoms with Crippen molar-refractivity contribution >= 4 is 43.2 Å². The molecule has 1 heterocycles. The Kier molecular flexibility index (Phi) is 5.32. The van der Waals surface area contributed by atoms with Gasteiger partial charge in [-0.1, -0.05) is 6.07 Å². The fourth-order valence-corrected chi connectivity index (χ4v) is 4.84. The van der Waals surface area contributed by atoms with Crippen LogP contribution in [-0.2, 0) is 10.0 Å². The fraction of sp³-hybridized carbons (Fsp3) is 0.263. The Balaban J connectivity index is 1.86. The highest BCUT2D eigenvalue weighted by Gasteiger charge is 2.24. The van der Waals surface area contributed by atoms with E-state index in [9.17, 15) is 13.2 Å². The normalized spacial score (nSPS) is 12.1. The van der Waals surface area contributed by atoms with Crippen LogP contribution in [0.15, 0.2) is 47.4 Å². The molecule has 0 saturated carbocycles. The Hall–Kier alpha value is -2.29. The Labute approximate surface area is 162 Å². The molecule has 2 aromatic carbocycles. The second-order valence-electron chi connectivity index (χ2n) is 6.51. The van der Waals surface area contributed by atoms with Crippen molar-refractivity contribution < 1.29 is 13.2 Å². The first-order chi connectivity index (χ1) is 12.7. The van der Waals surface area contributed by atoms with E-state index in [4.69, 9.17) is 0 Å². The minimum absolute atomic E-state index is 0.0971. The van der Waals surface area contributed by atoms with Crippen LogP contribution in [0.25, 0.3) is 10.2 Å². The van der Waals surface area contributed by atoms with Gasteiger partial charge in [0.25, 0.3) is 5.91 Å². The van der Waals surface area contributed by atoms with Crippen LogP contribution in [0.5, 0.6) is 0 Å². The number of aromatic nitrogens is 1. The third kappa shape index (κ3) is 4.02. The SMILES string of the molecule is Cc1nc2ccc(NC(=O)c3cccc(S(=O)(=O)N(C)C(C)C)c3)cc2s1. The van der Waals surface area contributed by atoms with E-state index < -0.39 is 10.0 Å². The van der Waals surface area contributed by atoms with Gasteiger partial charge < -0.3 is 5.32 Å². The molecule has 0 fully saturated rings. The van der Waals surface area contributed by atoms with Gasteiger partial charge in [0.05, 0.1) is 20.1 Å². The Morgan fingerprint density at radius 2 is 1.93 bits per heavy atom. The highest BCUT2D eigenvalue weighted by atomic mass is 32.2. The summed E-state index contributed by atoms with van der Waals surface area (Å²) in [5.41, 5.74) is 1.82. The molecule has 142 valence electrons. The maximum absolute atomic E-state index is 12.6. The highest BCUT2D eigenvalue weighted by molar-refractivity contribution is 7.89. The Morgan fingerprint density at radius 3 is 2.63 bits per heavy atom. The zero-order valence-electron chi connectivity index (χ0n) is 15.6. The predicted octanol–water partition coefficient (Wildman–Crippen LogP) is 3.89.